The molecule has 1 aliphatic rings. The molecule has 2 rings (SSSR count). The number of rotatable bonds is 3. The Balaban J connectivity index is 1.74. The number of hydrogen-bond acceptors (Lipinski definition) is 5. The predicted molar refractivity (Wildman–Crippen MR) is 45.9 cm³/mol. The Morgan fingerprint density at radius 2 is 2.58 bits per heavy atom. The molecular formula is C6H11N5S. The Kier molecular flexibility index (Phi) is 2.57. The molecule has 1 aromatic heterocycles. The lowest BCUT2D eigenvalue weighted by molar-refractivity contribution is 0.673. The van der Waals surface area contributed by atoms with E-state index in [0.29, 0.717) is 6.04 Å². The van der Waals surface area contributed by atoms with E-state index >= 15 is 0 Å². The number of hydrogen-bond donors (Lipinski definition) is 2. The van der Waals surface area contributed by atoms with E-state index in [4.69, 9.17) is 0 Å². The molecule has 1 aromatic rings. The fraction of sp³-hybridized carbons (Fsp3) is 0.833. The summed E-state index contributed by atoms with van der Waals surface area (Å²) < 4.78 is 0. The van der Waals surface area contributed by atoms with Crippen molar-refractivity contribution in [1.29, 1.82) is 0 Å². The van der Waals surface area contributed by atoms with Crippen molar-refractivity contribution in [2.24, 2.45) is 0 Å². The molecule has 0 aliphatic carbocycles. The first kappa shape index (κ1) is 8.00. The van der Waals surface area contributed by atoms with Gasteiger partial charge in [-0.3, -0.25) is 0 Å². The Labute approximate surface area is 74.7 Å². The van der Waals surface area contributed by atoms with E-state index in [1.165, 1.54) is 12.8 Å². The summed E-state index contributed by atoms with van der Waals surface area (Å²) in [5.74, 6) is 1.04. The number of tetrazole rings is 1. The highest BCUT2D eigenvalue weighted by atomic mass is 32.2. The lowest BCUT2D eigenvalue weighted by Gasteiger charge is -2.05. The maximum atomic E-state index is 3.87. The third-order valence-corrected chi connectivity index (χ3v) is 2.90. The van der Waals surface area contributed by atoms with Crippen LogP contribution in [-0.2, 0) is 0 Å². The van der Waals surface area contributed by atoms with E-state index in [1.807, 2.05) is 0 Å². The van der Waals surface area contributed by atoms with Crippen molar-refractivity contribution in [2.45, 2.75) is 24.0 Å². The van der Waals surface area contributed by atoms with Gasteiger partial charge in [0.05, 0.1) is 0 Å². The van der Waals surface area contributed by atoms with E-state index in [0.717, 1.165) is 17.5 Å². The Hall–Kier alpha value is -0.620. The molecule has 1 saturated heterocycles. The predicted octanol–water partition coefficient (Wildman–Crippen LogP) is 0.0438. The zero-order valence-electron chi connectivity index (χ0n) is 6.66. The lowest BCUT2D eigenvalue weighted by Crippen LogP contribution is -2.23. The van der Waals surface area contributed by atoms with Crippen LogP contribution in [0.15, 0.2) is 5.16 Å². The first-order chi connectivity index (χ1) is 5.95. The molecule has 2 heterocycles. The second-order valence-corrected chi connectivity index (χ2v) is 3.79. The SMILES string of the molecule is C1CN[C@H](CSc2nn[nH]n2)C1. The fourth-order valence-electron chi connectivity index (χ4n) is 1.29. The van der Waals surface area contributed by atoms with Crippen LogP contribution in [0.1, 0.15) is 12.8 Å². The molecule has 0 unspecified atom stereocenters. The summed E-state index contributed by atoms with van der Waals surface area (Å²) in [6.07, 6.45) is 2.56. The summed E-state index contributed by atoms with van der Waals surface area (Å²) >= 11 is 1.65. The number of thioether (sulfide) groups is 1. The van der Waals surface area contributed by atoms with Crippen LogP contribution in [0, 0.1) is 0 Å². The number of H-pyrrole nitrogens is 1. The van der Waals surface area contributed by atoms with Crippen LogP contribution in [0.5, 0.6) is 0 Å². The highest BCUT2D eigenvalue weighted by molar-refractivity contribution is 7.99. The topological polar surface area (TPSA) is 66.5 Å². The summed E-state index contributed by atoms with van der Waals surface area (Å²) in [6, 6.07) is 0.633. The van der Waals surface area contributed by atoms with Crippen molar-refractivity contribution in [3.05, 3.63) is 0 Å². The van der Waals surface area contributed by atoms with Gasteiger partial charge in [0.25, 0.3) is 0 Å². The normalized spacial score (nSPS) is 23.2. The molecule has 6 heteroatoms. The van der Waals surface area contributed by atoms with E-state index in [1.54, 1.807) is 11.8 Å². The van der Waals surface area contributed by atoms with Crippen LogP contribution < -0.4 is 5.32 Å². The molecule has 5 nitrogen and oxygen atoms in total. The molecule has 0 bridgehead atoms. The minimum absolute atomic E-state index is 0.633. The van der Waals surface area contributed by atoms with Gasteiger partial charge in [0.15, 0.2) is 0 Å². The minimum atomic E-state index is 0.633. The summed E-state index contributed by atoms with van der Waals surface area (Å²) in [5.41, 5.74) is 0. The molecule has 66 valence electrons. The lowest BCUT2D eigenvalue weighted by atomic mass is 10.3. The molecular weight excluding hydrogens is 174 g/mol. The third-order valence-electron chi connectivity index (χ3n) is 1.90. The second-order valence-electron chi connectivity index (χ2n) is 2.80. The largest absolute Gasteiger partial charge is 0.313 e. The van der Waals surface area contributed by atoms with Gasteiger partial charge in [0.1, 0.15) is 0 Å². The van der Waals surface area contributed by atoms with E-state index < -0.39 is 0 Å². The number of nitrogens with one attached hydrogen (secondary N) is 2. The van der Waals surface area contributed by atoms with E-state index in [2.05, 4.69) is 25.9 Å². The van der Waals surface area contributed by atoms with Gasteiger partial charge >= 0.3 is 0 Å². The Bertz CT molecular complexity index is 218. The molecule has 1 atom stereocenters. The molecule has 1 aliphatic heterocycles. The second kappa shape index (κ2) is 3.86. The van der Waals surface area contributed by atoms with Crippen LogP contribution in [0.25, 0.3) is 0 Å². The molecule has 0 amide bonds. The van der Waals surface area contributed by atoms with Gasteiger partial charge in [-0.1, -0.05) is 11.8 Å². The zero-order chi connectivity index (χ0) is 8.23. The maximum Gasteiger partial charge on any atom is 0.231 e. The van der Waals surface area contributed by atoms with Gasteiger partial charge in [-0.15, -0.1) is 10.2 Å². The van der Waals surface area contributed by atoms with Crippen molar-refractivity contribution in [2.75, 3.05) is 12.3 Å². The monoisotopic (exact) mass is 185 g/mol. The molecule has 0 spiro atoms. The molecule has 0 radical (unpaired) electrons. The maximum absolute atomic E-state index is 3.87. The van der Waals surface area contributed by atoms with Gasteiger partial charge in [0, 0.05) is 11.8 Å². The van der Waals surface area contributed by atoms with Crippen LogP contribution in [0.4, 0.5) is 0 Å². The average Bonchev–Trinajstić information content (AvgIpc) is 2.74. The first-order valence-electron chi connectivity index (χ1n) is 4.05. The van der Waals surface area contributed by atoms with Gasteiger partial charge in [0.2, 0.25) is 5.16 Å². The minimum Gasteiger partial charge on any atom is -0.313 e. The number of aromatic amines is 1. The standard InChI is InChI=1S/C6H11N5S/c1-2-5(7-3-1)4-12-6-8-10-11-9-6/h5,7H,1-4H2,(H,8,9,10,11)/t5-/m0/s1. The summed E-state index contributed by atoms with van der Waals surface area (Å²) in [4.78, 5) is 0. The number of aromatic nitrogens is 4. The Morgan fingerprint density at radius 1 is 1.58 bits per heavy atom. The summed E-state index contributed by atoms with van der Waals surface area (Å²) in [6.45, 7) is 1.15. The van der Waals surface area contributed by atoms with Gasteiger partial charge in [-0.2, -0.15) is 5.21 Å². The van der Waals surface area contributed by atoms with Gasteiger partial charge in [-0.05, 0) is 24.6 Å². The van der Waals surface area contributed by atoms with Crippen LogP contribution in [0.2, 0.25) is 0 Å². The van der Waals surface area contributed by atoms with Crippen LogP contribution in [0.3, 0.4) is 0 Å². The number of nitrogens with zero attached hydrogens (tertiary/aromatic N) is 3. The zero-order valence-corrected chi connectivity index (χ0v) is 7.47. The fourth-order valence-corrected chi connectivity index (χ4v) is 2.13. The highest BCUT2D eigenvalue weighted by Crippen LogP contribution is 2.16. The molecule has 0 aromatic carbocycles. The van der Waals surface area contributed by atoms with Gasteiger partial charge < -0.3 is 5.32 Å². The summed E-state index contributed by atoms with van der Waals surface area (Å²) in [5, 5.41) is 17.8. The quantitative estimate of drug-likeness (QED) is 0.651. The molecule has 12 heavy (non-hydrogen) atoms. The van der Waals surface area contributed by atoms with Crippen molar-refractivity contribution in [3.63, 3.8) is 0 Å². The van der Waals surface area contributed by atoms with Crippen molar-refractivity contribution in [3.8, 4) is 0 Å². The molecule has 1 fully saturated rings. The van der Waals surface area contributed by atoms with Crippen LogP contribution in [-0.4, -0.2) is 39.0 Å². The molecule has 0 saturated carbocycles. The van der Waals surface area contributed by atoms with Crippen molar-refractivity contribution in [1.82, 2.24) is 25.9 Å². The first-order valence-corrected chi connectivity index (χ1v) is 5.03. The third kappa shape index (κ3) is 1.95. The van der Waals surface area contributed by atoms with Crippen molar-refractivity contribution >= 4 is 11.8 Å². The highest BCUT2D eigenvalue weighted by Gasteiger charge is 2.14. The van der Waals surface area contributed by atoms with Gasteiger partial charge in [-0.25, -0.2) is 0 Å². The van der Waals surface area contributed by atoms with E-state index in [9.17, 15) is 0 Å². The Morgan fingerprint density at radius 3 is 3.25 bits per heavy atom. The average molecular weight is 185 g/mol. The van der Waals surface area contributed by atoms with Crippen molar-refractivity contribution < 1.29 is 0 Å². The van der Waals surface area contributed by atoms with Crippen LogP contribution >= 0.6 is 11.8 Å². The molecule has 2 N–H and O–H groups in total. The smallest absolute Gasteiger partial charge is 0.231 e. The van der Waals surface area contributed by atoms with E-state index in [-0.39, 0.29) is 0 Å². The summed E-state index contributed by atoms with van der Waals surface area (Å²) in [7, 11) is 0.